The summed E-state index contributed by atoms with van der Waals surface area (Å²) < 4.78 is 1.99. The molecule has 1 amide bonds. The lowest BCUT2D eigenvalue weighted by Crippen LogP contribution is -2.15. The van der Waals surface area contributed by atoms with Gasteiger partial charge in [-0.3, -0.25) is 4.79 Å². The minimum atomic E-state index is -0.0946. The number of hydrogen-bond donors (Lipinski definition) is 1. The molecule has 0 aliphatic carbocycles. The van der Waals surface area contributed by atoms with Crippen LogP contribution in [0.25, 0.3) is 10.8 Å². The van der Waals surface area contributed by atoms with E-state index in [-0.39, 0.29) is 11.7 Å². The Kier molecular flexibility index (Phi) is 8.56. The van der Waals surface area contributed by atoms with Gasteiger partial charge in [0.05, 0.1) is 11.5 Å². The number of hydrogen-bond acceptors (Lipinski definition) is 5. The Balaban J connectivity index is 1.37. The highest BCUT2D eigenvalue weighted by atomic mass is 35.5. The van der Waals surface area contributed by atoms with Crippen LogP contribution in [-0.2, 0) is 22.8 Å². The lowest BCUT2D eigenvalue weighted by Gasteiger charge is -2.10. The number of nitrogens with one attached hydrogen (secondary N) is 1. The number of carbonyl (C=O) groups excluding carboxylic acids is 1. The number of allylic oxidation sites excluding steroid dienone is 1. The van der Waals surface area contributed by atoms with E-state index in [1.165, 1.54) is 11.8 Å². The summed E-state index contributed by atoms with van der Waals surface area (Å²) in [5, 5.41) is 15.7. The zero-order chi connectivity index (χ0) is 23.9. The largest absolute Gasteiger partial charge is 0.325 e. The maximum atomic E-state index is 12.7. The Morgan fingerprint density at radius 2 is 1.88 bits per heavy atom. The Morgan fingerprint density at radius 1 is 1.06 bits per heavy atom. The first kappa shape index (κ1) is 24.7. The SMILES string of the molecule is C=CCn1c(CSCc2ccc(Cl)cc2Cl)nnc1SCC(=O)Nc1cccc2ccccc12. The number of thioether (sulfide) groups is 2. The Labute approximate surface area is 216 Å². The van der Waals surface area contributed by atoms with Gasteiger partial charge in [0, 0.05) is 33.4 Å². The summed E-state index contributed by atoms with van der Waals surface area (Å²) in [6.07, 6.45) is 1.80. The molecule has 0 aliphatic heterocycles. The molecule has 0 saturated heterocycles. The van der Waals surface area contributed by atoms with Crippen molar-refractivity contribution in [2.75, 3.05) is 11.1 Å². The number of halogens is 2. The smallest absolute Gasteiger partial charge is 0.234 e. The Morgan fingerprint density at radius 3 is 2.71 bits per heavy atom. The molecule has 3 aromatic carbocycles. The maximum Gasteiger partial charge on any atom is 0.234 e. The van der Waals surface area contributed by atoms with Crippen molar-refractivity contribution in [2.24, 2.45) is 0 Å². The second-order valence-electron chi connectivity index (χ2n) is 7.39. The predicted molar refractivity (Wildman–Crippen MR) is 145 cm³/mol. The first-order valence-electron chi connectivity index (χ1n) is 10.5. The number of rotatable bonds is 10. The van der Waals surface area contributed by atoms with Gasteiger partial charge in [0.2, 0.25) is 5.91 Å². The second-order valence-corrected chi connectivity index (χ2v) is 10.2. The van der Waals surface area contributed by atoms with Crippen molar-refractivity contribution in [1.29, 1.82) is 0 Å². The van der Waals surface area contributed by atoms with Gasteiger partial charge in [0.15, 0.2) is 5.16 Å². The average Bonchev–Trinajstić information content (AvgIpc) is 3.21. The lowest BCUT2D eigenvalue weighted by molar-refractivity contribution is -0.113. The maximum absolute atomic E-state index is 12.7. The molecule has 0 aliphatic rings. The van der Waals surface area contributed by atoms with Gasteiger partial charge >= 0.3 is 0 Å². The summed E-state index contributed by atoms with van der Waals surface area (Å²) in [4.78, 5) is 12.7. The fourth-order valence-corrected chi connectivity index (χ4v) is 5.68. The summed E-state index contributed by atoms with van der Waals surface area (Å²) in [5.41, 5.74) is 1.82. The second kappa shape index (κ2) is 11.8. The van der Waals surface area contributed by atoms with Crippen molar-refractivity contribution in [3.8, 4) is 0 Å². The monoisotopic (exact) mass is 528 g/mol. The summed E-state index contributed by atoms with van der Waals surface area (Å²) in [6, 6.07) is 19.4. The number of benzene rings is 3. The van der Waals surface area contributed by atoms with E-state index in [0.717, 1.165) is 33.6 Å². The molecule has 1 N–H and O–H groups in total. The zero-order valence-corrected chi connectivity index (χ0v) is 21.4. The van der Waals surface area contributed by atoms with Crippen LogP contribution < -0.4 is 5.32 Å². The number of carbonyl (C=O) groups is 1. The predicted octanol–water partition coefficient (Wildman–Crippen LogP) is 7.09. The van der Waals surface area contributed by atoms with Crippen molar-refractivity contribution < 1.29 is 4.79 Å². The van der Waals surface area contributed by atoms with Crippen molar-refractivity contribution in [3.63, 3.8) is 0 Å². The van der Waals surface area contributed by atoms with Crippen LogP contribution in [0.3, 0.4) is 0 Å². The summed E-state index contributed by atoms with van der Waals surface area (Å²) >= 11 is 15.3. The number of aromatic nitrogens is 3. The van der Waals surface area contributed by atoms with Crippen LogP contribution in [0.1, 0.15) is 11.4 Å². The van der Waals surface area contributed by atoms with Crippen LogP contribution in [0.5, 0.6) is 0 Å². The highest BCUT2D eigenvalue weighted by molar-refractivity contribution is 7.99. The average molecular weight is 530 g/mol. The molecule has 4 rings (SSSR count). The van der Waals surface area contributed by atoms with E-state index in [1.807, 2.05) is 59.2 Å². The van der Waals surface area contributed by atoms with Gasteiger partial charge in [-0.05, 0) is 29.1 Å². The molecular formula is C25H22Cl2N4OS2. The summed E-state index contributed by atoms with van der Waals surface area (Å²) in [6.45, 7) is 4.41. The number of amides is 1. The molecule has 1 aromatic heterocycles. The number of fused-ring (bicyclic) bond motifs is 1. The van der Waals surface area contributed by atoms with Crippen LogP contribution in [0.4, 0.5) is 5.69 Å². The first-order valence-corrected chi connectivity index (χ1v) is 13.4. The zero-order valence-electron chi connectivity index (χ0n) is 18.2. The molecule has 0 unspecified atom stereocenters. The molecule has 34 heavy (non-hydrogen) atoms. The third-order valence-electron chi connectivity index (χ3n) is 5.01. The van der Waals surface area contributed by atoms with Crippen LogP contribution in [0.15, 0.2) is 78.5 Å². The molecule has 0 radical (unpaired) electrons. The molecule has 0 saturated carbocycles. The van der Waals surface area contributed by atoms with Gasteiger partial charge in [-0.25, -0.2) is 0 Å². The van der Waals surface area contributed by atoms with Gasteiger partial charge in [-0.1, -0.05) is 83.5 Å². The van der Waals surface area contributed by atoms with Crippen LogP contribution in [-0.4, -0.2) is 26.4 Å². The topological polar surface area (TPSA) is 59.8 Å². The van der Waals surface area contributed by atoms with E-state index in [4.69, 9.17) is 23.2 Å². The van der Waals surface area contributed by atoms with Crippen molar-refractivity contribution in [3.05, 3.63) is 94.8 Å². The van der Waals surface area contributed by atoms with Gasteiger partial charge in [-0.2, -0.15) is 0 Å². The van der Waals surface area contributed by atoms with E-state index in [1.54, 1.807) is 23.9 Å². The summed E-state index contributed by atoms with van der Waals surface area (Å²) in [7, 11) is 0. The molecule has 1 heterocycles. The molecular weight excluding hydrogens is 507 g/mol. The molecule has 174 valence electrons. The van der Waals surface area contributed by atoms with Crippen molar-refractivity contribution >= 4 is 69.1 Å². The van der Waals surface area contributed by atoms with Gasteiger partial charge in [0.1, 0.15) is 5.82 Å². The third kappa shape index (κ3) is 6.16. The van der Waals surface area contributed by atoms with E-state index in [9.17, 15) is 4.79 Å². The van der Waals surface area contributed by atoms with E-state index in [2.05, 4.69) is 22.1 Å². The van der Waals surface area contributed by atoms with Crippen molar-refractivity contribution in [2.45, 2.75) is 23.2 Å². The molecule has 0 fully saturated rings. The van der Waals surface area contributed by atoms with Crippen molar-refractivity contribution in [1.82, 2.24) is 14.8 Å². The molecule has 4 aromatic rings. The number of nitrogens with zero attached hydrogens (tertiary/aromatic N) is 3. The van der Waals surface area contributed by atoms with Gasteiger partial charge < -0.3 is 9.88 Å². The van der Waals surface area contributed by atoms with Crippen LogP contribution >= 0.6 is 46.7 Å². The summed E-state index contributed by atoms with van der Waals surface area (Å²) in [5.74, 6) is 2.34. The number of anilines is 1. The lowest BCUT2D eigenvalue weighted by atomic mass is 10.1. The third-order valence-corrected chi connectivity index (χ3v) is 7.54. The molecule has 0 atom stereocenters. The minimum Gasteiger partial charge on any atom is -0.325 e. The van der Waals surface area contributed by atoms with E-state index in [0.29, 0.717) is 27.5 Å². The standard InChI is InChI=1S/C25H22Cl2N4OS2/c1-2-12-31-23(15-33-14-18-10-11-19(26)13-21(18)27)29-30-25(31)34-16-24(32)28-22-9-5-7-17-6-3-4-8-20(17)22/h2-11,13H,1,12,14-16H2,(H,28,32). The normalized spacial score (nSPS) is 11.0. The molecule has 5 nitrogen and oxygen atoms in total. The highest BCUT2D eigenvalue weighted by Gasteiger charge is 2.14. The van der Waals surface area contributed by atoms with Gasteiger partial charge in [0.25, 0.3) is 0 Å². The van der Waals surface area contributed by atoms with Crippen LogP contribution in [0.2, 0.25) is 10.0 Å². The molecule has 9 heteroatoms. The Bertz CT molecular complexity index is 1320. The minimum absolute atomic E-state index is 0.0946. The van der Waals surface area contributed by atoms with Crippen LogP contribution in [0, 0.1) is 0 Å². The first-order chi connectivity index (χ1) is 16.5. The molecule has 0 bridgehead atoms. The fraction of sp³-hybridized carbons (Fsp3) is 0.160. The molecule has 0 spiro atoms. The van der Waals surface area contributed by atoms with E-state index < -0.39 is 0 Å². The van der Waals surface area contributed by atoms with E-state index >= 15 is 0 Å². The highest BCUT2D eigenvalue weighted by Crippen LogP contribution is 2.27. The Hall–Kier alpha value is -2.45. The van der Waals surface area contributed by atoms with Gasteiger partial charge in [-0.15, -0.1) is 28.5 Å². The quantitative estimate of drug-likeness (QED) is 0.176. The fourth-order valence-electron chi connectivity index (χ4n) is 3.39.